The minimum Gasteiger partial charge on any atom is -0.378 e. The van der Waals surface area contributed by atoms with Crippen LogP contribution in [0.4, 0.5) is 11.4 Å². The lowest BCUT2D eigenvalue weighted by Crippen LogP contribution is -2.20. The number of carbonyl (C=O) groups is 1. The Hall–Kier alpha value is -2.61. The Morgan fingerprint density at radius 3 is 2.70 bits per heavy atom. The van der Waals surface area contributed by atoms with Gasteiger partial charge in [-0.15, -0.1) is 6.58 Å². The normalized spacial score (nSPS) is 10.6. The van der Waals surface area contributed by atoms with Crippen molar-refractivity contribution in [2.45, 2.75) is 26.6 Å². The van der Waals surface area contributed by atoms with E-state index in [0.29, 0.717) is 33.7 Å². The highest BCUT2D eigenvalue weighted by molar-refractivity contribution is 7.71. The fourth-order valence-corrected chi connectivity index (χ4v) is 3.44. The molecule has 1 amide bonds. The van der Waals surface area contributed by atoms with E-state index in [2.05, 4.69) is 22.3 Å². The van der Waals surface area contributed by atoms with Crippen molar-refractivity contribution >= 4 is 52.7 Å². The van der Waals surface area contributed by atoms with Gasteiger partial charge in [0.05, 0.1) is 16.6 Å². The second-order valence-electron chi connectivity index (χ2n) is 6.60. The molecule has 0 spiro atoms. The molecule has 3 aromatic rings. The van der Waals surface area contributed by atoms with E-state index in [-0.39, 0.29) is 12.5 Å². The van der Waals surface area contributed by atoms with Crippen molar-refractivity contribution in [3.05, 3.63) is 81.3 Å². The molecule has 0 saturated carbocycles. The van der Waals surface area contributed by atoms with Gasteiger partial charge in [-0.1, -0.05) is 47.5 Å². The number of anilines is 2. The minimum atomic E-state index is -0.201. The number of allylic oxidation sites excluding steroid dienone is 1. The third-order valence-electron chi connectivity index (χ3n) is 4.39. The van der Waals surface area contributed by atoms with Crippen LogP contribution in [0.2, 0.25) is 10.0 Å². The van der Waals surface area contributed by atoms with Crippen molar-refractivity contribution in [2.24, 2.45) is 0 Å². The number of benzene rings is 2. The van der Waals surface area contributed by atoms with E-state index in [1.807, 2.05) is 41.8 Å². The first kappa shape index (κ1) is 22.1. The molecule has 0 unspecified atom stereocenters. The van der Waals surface area contributed by atoms with E-state index in [4.69, 9.17) is 35.4 Å². The highest BCUT2D eigenvalue weighted by atomic mass is 35.5. The maximum Gasteiger partial charge on any atom is 0.246 e. The molecule has 0 saturated heterocycles. The molecule has 0 radical (unpaired) electrons. The van der Waals surface area contributed by atoms with Gasteiger partial charge in [-0.2, -0.15) is 5.10 Å². The lowest BCUT2D eigenvalue weighted by molar-refractivity contribution is -0.116. The van der Waals surface area contributed by atoms with Crippen LogP contribution < -0.4 is 10.6 Å². The van der Waals surface area contributed by atoms with Gasteiger partial charge in [0.25, 0.3) is 0 Å². The molecule has 1 aromatic heterocycles. The molecule has 0 aliphatic rings. The van der Waals surface area contributed by atoms with Crippen LogP contribution in [0.3, 0.4) is 0 Å². The predicted molar refractivity (Wildman–Crippen MR) is 125 cm³/mol. The van der Waals surface area contributed by atoms with Crippen molar-refractivity contribution < 1.29 is 4.79 Å². The number of aryl methyl sites for hydroxylation is 1. The van der Waals surface area contributed by atoms with Gasteiger partial charge < -0.3 is 10.6 Å². The van der Waals surface area contributed by atoms with Crippen LogP contribution in [0, 0.1) is 11.7 Å². The Labute approximate surface area is 190 Å². The standard InChI is InChI=1S/C21H21Cl2N5OS/c1-3-10-27-19(12-24-15-8-9-16(22)17(23)11-15)26-28(21(27)30)13-20(29)25-18-7-5-4-6-14(18)2/h3-9,11,24H,1,10,12-13H2,2H3,(H,25,29). The third kappa shape index (κ3) is 5.30. The lowest BCUT2D eigenvalue weighted by atomic mass is 10.2. The SMILES string of the molecule is C=CCn1c(CNc2ccc(Cl)c(Cl)c2)nn(CC(=O)Nc2ccccc2C)c1=S. The molecule has 0 aliphatic heterocycles. The van der Waals surface area contributed by atoms with Crippen LogP contribution in [-0.2, 0) is 24.4 Å². The summed E-state index contributed by atoms with van der Waals surface area (Å²) in [4.78, 5) is 12.5. The summed E-state index contributed by atoms with van der Waals surface area (Å²) in [5.41, 5.74) is 2.55. The van der Waals surface area contributed by atoms with E-state index >= 15 is 0 Å². The number of aromatic nitrogens is 3. The van der Waals surface area contributed by atoms with Gasteiger partial charge in [0.1, 0.15) is 6.54 Å². The molecule has 1 heterocycles. The summed E-state index contributed by atoms with van der Waals surface area (Å²) in [5.74, 6) is 0.474. The molecule has 0 bridgehead atoms. The molecular weight excluding hydrogens is 441 g/mol. The summed E-state index contributed by atoms with van der Waals surface area (Å²) in [5, 5.41) is 11.6. The summed E-state index contributed by atoms with van der Waals surface area (Å²) >= 11 is 17.6. The van der Waals surface area contributed by atoms with E-state index in [1.54, 1.807) is 18.2 Å². The third-order valence-corrected chi connectivity index (χ3v) is 5.56. The highest BCUT2D eigenvalue weighted by Gasteiger charge is 2.13. The Morgan fingerprint density at radius 1 is 1.23 bits per heavy atom. The Morgan fingerprint density at radius 2 is 2.00 bits per heavy atom. The maximum atomic E-state index is 12.5. The molecule has 0 atom stereocenters. The van der Waals surface area contributed by atoms with Gasteiger partial charge >= 0.3 is 0 Å². The van der Waals surface area contributed by atoms with Crippen LogP contribution in [0.5, 0.6) is 0 Å². The zero-order valence-corrected chi connectivity index (χ0v) is 18.7. The number of halogens is 2. The fraction of sp³-hybridized carbons (Fsp3) is 0.190. The topological polar surface area (TPSA) is 63.9 Å². The summed E-state index contributed by atoms with van der Waals surface area (Å²) in [7, 11) is 0. The number of hydrogen-bond acceptors (Lipinski definition) is 4. The Bertz CT molecular complexity index is 1140. The smallest absolute Gasteiger partial charge is 0.246 e. The van der Waals surface area contributed by atoms with Crippen molar-refractivity contribution in [1.29, 1.82) is 0 Å². The second kappa shape index (κ2) is 9.93. The highest BCUT2D eigenvalue weighted by Crippen LogP contribution is 2.25. The zero-order chi connectivity index (χ0) is 21.7. The monoisotopic (exact) mass is 461 g/mol. The molecule has 6 nitrogen and oxygen atoms in total. The number of amides is 1. The summed E-state index contributed by atoms with van der Waals surface area (Å²) < 4.78 is 3.78. The molecule has 9 heteroatoms. The average Bonchev–Trinajstić information content (AvgIpc) is 3.00. The van der Waals surface area contributed by atoms with Gasteiger partial charge in [0, 0.05) is 17.9 Å². The number of para-hydroxylation sites is 1. The molecule has 156 valence electrons. The van der Waals surface area contributed by atoms with E-state index in [1.165, 1.54) is 4.68 Å². The summed E-state index contributed by atoms with van der Waals surface area (Å²) in [6.07, 6.45) is 1.73. The van der Waals surface area contributed by atoms with Gasteiger partial charge in [0.2, 0.25) is 5.91 Å². The summed E-state index contributed by atoms with van der Waals surface area (Å²) in [6.45, 7) is 6.60. The van der Waals surface area contributed by atoms with E-state index in [9.17, 15) is 4.79 Å². The zero-order valence-electron chi connectivity index (χ0n) is 16.4. The first-order valence-electron chi connectivity index (χ1n) is 9.21. The van der Waals surface area contributed by atoms with Crippen LogP contribution in [0.25, 0.3) is 0 Å². The van der Waals surface area contributed by atoms with E-state index in [0.717, 1.165) is 16.9 Å². The predicted octanol–water partition coefficient (Wildman–Crippen LogP) is 5.47. The van der Waals surface area contributed by atoms with Crippen LogP contribution in [0.1, 0.15) is 11.4 Å². The molecule has 0 aliphatic carbocycles. The van der Waals surface area contributed by atoms with Gasteiger partial charge in [0.15, 0.2) is 10.6 Å². The number of nitrogens with one attached hydrogen (secondary N) is 2. The number of carbonyl (C=O) groups excluding carboxylic acids is 1. The van der Waals surface area contributed by atoms with Crippen molar-refractivity contribution in [2.75, 3.05) is 10.6 Å². The quantitative estimate of drug-likeness (QED) is 0.345. The fourth-order valence-electron chi connectivity index (χ4n) is 2.86. The second-order valence-corrected chi connectivity index (χ2v) is 7.78. The molecule has 0 fully saturated rings. The van der Waals surface area contributed by atoms with Crippen molar-refractivity contribution in [1.82, 2.24) is 14.3 Å². The molecule has 2 aromatic carbocycles. The van der Waals surface area contributed by atoms with Crippen molar-refractivity contribution in [3.8, 4) is 0 Å². The average molecular weight is 462 g/mol. The number of hydrogen-bond donors (Lipinski definition) is 2. The summed E-state index contributed by atoms with van der Waals surface area (Å²) in [6, 6.07) is 12.9. The van der Waals surface area contributed by atoms with Gasteiger partial charge in [-0.05, 0) is 49.0 Å². The minimum absolute atomic E-state index is 0.0110. The molecule has 30 heavy (non-hydrogen) atoms. The van der Waals surface area contributed by atoms with E-state index < -0.39 is 0 Å². The lowest BCUT2D eigenvalue weighted by Gasteiger charge is -2.08. The number of nitrogens with zero attached hydrogens (tertiary/aromatic N) is 3. The first-order valence-corrected chi connectivity index (χ1v) is 10.4. The Balaban J connectivity index is 1.76. The maximum absolute atomic E-state index is 12.5. The van der Waals surface area contributed by atoms with Crippen LogP contribution >= 0.6 is 35.4 Å². The van der Waals surface area contributed by atoms with Gasteiger partial charge in [-0.3, -0.25) is 9.36 Å². The van der Waals surface area contributed by atoms with Crippen LogP contribution in [-0.4, -0.2) is 20.3 Å². The molecule has 2 N–H and O–H groups in total. The number of rotatable bonds is 8. The Kier molecular flexibility index (Phi) is 7.31. The molecule has 3 rings (SSSR count). The van der Waals surface area contributed by atoms with Crippen molar-refractivity contribution in [3.63, 3.8) is 0 Å². The first-order chi connectivity index (χ1) is 14.4. The van der Waals surface area contributed by atoms with Gasteiger partial charge in [-0.25, -0.2) is 4.68 Å². The molecular formula is C21H21Cl2N5OS. The van der Waals surface area contributed by atoms with Crippen LogP contribution in [0.15, 0.2) is 55.1 Å². The largest absolute Gasteiger partial charge is 0.378 e.